The van der Waals surface area contributed by atoms with Gasteiger partial charge in [-0.3, -0.25) is 9.59 Å². The van der Waals surface area contributed by atoms with Crippen molar-refractivity contribution in [2.24, 2.45) is 0 Å². The van der Waals surface area contributed by atoms with Crippen molar-refractivity contribution in [2.45, 2.75) is 18.9 Å². The summed E-state index contributed by atoms with van der Waals surface area (Å²) >= 11 is 0. The highest BCUT2D eigenvalue weighted by atomic mass is 16.4. The van der Waals surface area contributed by atoms with Crippen molar-refractivity contribution in [3.8, 4) is 0 Å². The van der Waals surface area contributed by atoms with Crippen LogP contribution in [0.5, 0.6) is 0 Å². The van der Waals surface area contributed by atoms with Gasteiger partial charge in [-0.15, -0.1) is 0 Å². The third kappa shape index (κ3) is 2.69. The van der Waals surface area contributed by atoms with E-state index in [9.17, 15) is 14.4 Å². The number of hydrogen-bond acceptors (Lipinski definition) is 3. The predicted octanol–water partition coefficient (Wildman–Crippen LogP) is 0.791. The molecule has 0 aromatic carbocycles. The van der Waals surface area contributed by atoms with Crippen LogP contribution in [0, 0.1) is 0 Å². The summed E-state index contributed by atoms with van der Waals surface area (Å²) in [6.45, 7) is 0. The minimum atomic E-state index is -1.15. The summed E-state index contributed by atoms with van der Waals surface area (Å²) in [5.74, 6) is -2.22. The van der Waals surface area contributed by atoms with Crippen LogP contribution in [0.1, 0.15) is 29.4 Å². The summed E-state index contributed by atoms with van der Waals surface area (Å²) in [6.07, 6.45) is 1.68. The number of aliphatic carboxylic acids is 2. The van der Waals surface area contributed by atoms with Crippen molar-refractivity contribution in [3.05, 3.63) is 24.0 Å². The first kappa shape index (κ1) is 12.0. The normalized spacial score (nSPS) is 12.0. The molecule has 0 fully saturated rings. The second-order valence-electron chi connectivity index (χ2n) is 3.24. The third-order valence-electron chi connectivity index (χ3n) is 2.19. The number of carboxylic acids is 2. The first-order valence-corrected chi connectivity index (χ1v) is 4.63. The Bertz CT molecular complexity index is 409. The van der Waals surface area contributed by atoms with Crippen LogP contribution in [-0.4, -0.2) is 33.0 Å². The maximum Gasteiger partial charge on any atom is 0.326 e. The molecular weight excluding hydrogens is 214 g/mol. The molecule has 6 heteroatoms. The van der Waals surface area contributed by atoms with Crippen molar-refractivity contribution in [1.29, 1.82) is 0 Å². The summed E-state index contributed by atoms with van der Waals surface area (Å²) in [5.41, 5.74) is 0.220. The molecule has 2 N–H and O–H groups in total. The molecule has 86 valence electrons. The first-order valence-electron chi connectivity index (χ1n) is 4.63. The maximum atomic E-state index is 10.9. The zero-order valence-electron chi connectivity index (χ0n) is 8.37. The second kappa shape index (κ2) is 5.11. The molecule has 0 spiro atoms. The van der Waals surface area contributed by atoms with Gasteiger partial charge in [0, 0.05) is 12.6 Å². The lowest BCUT2D eigenvalue weighted by molar-refractivity contribution is -0.142. The van der Waals surface area contributed by atoms with Crippen LogP contribution in [0.4, 0.5) is 0 Å². The average molecular weight is 225 g/mol. The highest BCUT2D eigenvalue weighted by molar-refractivity contribution is 5.77. The number of carboxylic acid groups (broad SMARTS) is 2. The van der Waals surface area contributed by atoms with E-state index in [1.807, 2.05) is 0 Å². The van der Waals surface area contributed by atoms with E-state index in [0.717, 1.165) is 0 Å². The van der Waals surface area contributed by atoms with Crippen molar-refractivity contribution in [1.82, 2.24) is 4.57 Å². The molecule has 0 aliphatic heterocycles. The van der Waals surface area contributed by atoms with Crippen LogP contribution in [0.2, 0.25) is 0 Å². The average Bonchev–Trinajstić information content (AvgIpc) is 2.65. The molecule has 1 rings (SSSR count). The predicted molar refractivity (Wildman–Crippen MR) is 53.4 cm³/mol. The van der Waals surface area contributed by atoms with Crippen molar-refractivity contribution in [3.63, 3.8) is 0 Å². The fourth-order valence-corrected chi connectivity index (χ4v) is 1.43. The van der Waals surface area contributed by atoms with Crippen LogP contribution in [0.15, 0.2) is 18.3 Å². The van der Waals surface area contributed by atoms with E-state index >= 15 is 0 Å². The van der Waals surface area contributed by atoms with E-state index in [0.29, 0.717) is 6.29 Å². The SMILES string of the molecule is O=Cc1cccn1[C@@H](CCC(=O)O)C(=O)O. The van der Waals surface area contributed by atoms with Crippen LogP contribution >= 0.6 is 0 Å². The maximum absolute atomic E-state index is 10.9. The number of aromatic nitrogens is 1. The van der Waals surface area contributed by atoms with Gasteiger partial charge in [-0.2, -0.15) is 0 Å². The molecule has 0 bridgehead atoms. The summed E-state index contributed by atoms with van der Waals surface area (Å²) in [4.78, 5) is 32.0. The minimum absolute atomic E-state index is 0.0554. The third-order valence-corrected chi connectivity index (χ3v) is 2.19. The lowest BCUT2D eigenvalue weighted by Crippen LogP contribution is -2.21. The molecule has 1 heterocycles. The summed E-state index contributed by atoms with van der Waals surface area (Å²) in [7, 11) is 0. The summed E-state index contributed by atoms with van der Waals surface area (Å²) in [6, 6.07) is 2.00. The van der Waals surface area contributed by atoms with E-state index in [2.05, 4.69) is 0 Å². The van der Waals surface area contributed by atoms with Gasteiger partial charge >= 0.3 is 11.9 Å². The van der Waals surface area contributed by atoms with Gasteiger partial charge in [0.2, 0.25) is 0 Å². The monoisotopic (exact) mass is 225 g/mol. The van der Waals surface area contributed by atoms with Gasteiger partial charge in [-0.1, -0.05) is 0 Å². The molecule has 0 aliphatic rings. The number of carbonyl (C=O) groups excluding carboxylic acids is 1. The van der Waals surface area contributed by atoms with Crippen molar-refractivity contribution >= 4 is 18.2 Å². The molecule has 0 unspecified atom stereocenters. The Kier molecular flexibility index (Phi) is 3.82. The molecule has 1 aromatic rings. The molecule has 0 saturated carbocycles. The van der Waals surface area contributed by atoms with Crippen molar-refractivity contribution < 1.29 is 24.6 Å². The van der Waals surface area contributed by atoms with Crippen molar-refractivity contribution in [2.75, 3.05) is 0 Å². The Hall–Kier alpha value is -2.11. The molecule has 0 saturated heterocycles. The van der Waals surface area contributed by atoms with E-state index in [-0.39, 0.29) is 18.5 Å². The van der Waals surface area contributed by atoms with E-state index in [1.165, 1.54) is 16.8 Å². The number of carbonyl (C=O) groups is 3. The number of nitrogens with zero attached hydrogens (tertiary/aromatic N) is 1. The van der Waals surface area contributed by atoms with Gasteiger partial charge in [-0.05, 0) is 18.6 Å². The fourth-order valence-electron chi connectivity index (χ4n) is 1.43. The zero-order chi connectivity index (χ0) is 12.1. The largest absolute Gasteiger partial charge is 0.481 e. The molecular formula is C10H11NO5. The highest BCUT2D eigenvalue weighted by Gasteiger charge is 2.21. The van der Waals surface area contributed by atoms with Crippen LogP contribution in [0.3, 0.4) is 0 Å². The van der Waals surface area contributed by atoms with Crippen LogP contribution in [-0.2, 0) is 9.59 Å². The Morgan fingerprint density at radius 2 is 2.12 bits per heavy atom. The number of rotatable bonds is 6. The highest BCUT2D eigenvalue weighted by Crippen LogP contribution is 2.17. The Morgan fingerprint density at radius 3 is 2.62 bits per heavy atom. The lowest BCUT2D eigenvalue weighted by Gasteiger charge is -2.14. The lowest BCUT2D eigenvalue weighted by atomic mass is 10.1. The molecule has 1 aromatic heterocycles. The Labute approximate surface area is 91.1 Å². The first-order chi connectivity index (χ1) is 7.56. The summed E-state index contributed by atoms with van der Waals surface area (Å²) in [5, 5.41) is 17.4. The van der Waals surface area contributed by atoms with Crippen LogP contribution in [0.25, 0.3) is 0 Å². The Balaban J connectivity index is 2.89. The van der Waals surface area contributed by atoms with Crippen LogP contribution < -0.4 is 0 Å². The fraction of sp³-hybridized carbons (Fsp3) is 0.300. The molecule has 0 amide bonds. The summed E-state index contributed by atoms with van der Waals surface area (Å²) < 4.78 is 1.26. The van der Waals surface area contributed by atoms with Gasteiger partial charge in [0.05, 0.1) is 5.69 Å². The Morgan fingerprint density at radius 1 is 1.44 bits per heavy atom. The van der Waals surface area contributed by atoms with E-state index in [1.54, 1.807) is 6.07 Å². The molecule has 0 radical (unpaired) electrons. The zero-order valence-corrected chi connectivity index (χ0v) is 8.37. The van der Waals surface area contributed by atoms with Gasteiger partial charge in [-0.25, -0.2) is 4.79 Å². The minimum Gasteiger partial charge on any atom is -0.481 e. The van der Waals surface area contributed by atoms with E-state index < -0.39 is 18.0 Å². The molecule has 6 nitrogen and oxygen atoms in total. The van der Waals surface area contributed by atoms with E-state index in [4.69, 9.17) is 10.2 Å². The molecule has 1 atom stereocenters. The van der Waals surface area contributed by atoms with Gasteiger partial charge < -0.3 is 14.8 Å². The molecule has 16 heavy (non-hydrogen) atoms. The number of aldehydes is 1. The number of hydrogen-bond donors (Lipinski definition) is 2. The smallest absolute Gasteiger partial charge is 0.326 e. The van der Waals surface area contributed by atoms with Gasteiger partial charge in [0.1, 0.15) is 6.04 Å². The second-order valence-corrected chi connectivity index (χ2v) is 3.24. The standard InChI is InChI=1S/C10H11NO5/c12-6-7-2-1-5-11(7)8(10(15)16)3-4-9(13)14/h1-2,5-6,8H,3-4H2,(H,13,14)(H,15,16)/t8-/m0/s1. The topological polar surface area (TPSA) is 96.6 Å². The quantitative estimate of drug-likeness (QED) is 0.697. The van der Waals surface area contributed by atoms with Gasteiger partial charge in [0.25, 0.3) is 0 Å². The van der Waals surface area contributed by atoms with Gasteiger partial charge in [0.15, 0.2) is 6.29 Å². The molecule has 0 aliphatic carbocycles.